The SMILES string of the molecule is CCC(=O)N1C[C@@H]2CN(C(=O)CCc3c(C)nc(=O)[nH]c3C)C[C@]2(CN(C)C)C1. The minimum Gasteiger partial charge on any atom is -0.342 e. The van der Waals surface area contributed by atoms with E-state index in [1.165, 1.54) is 0 Å². The Kier molecular flexibility index (Phi) is 6.12. The molecule has 2 fully saturated rings. The van der Waals surface area contributed by atoms with Crippen molar-refractivity contribution in [2.24, 2.45) is 11.3 Å². The van der Waals surface area contributed by atoms with Gasteiger partial charge in [-0.3, -0.25) is 9.59 Å². The van der Waals surface area contributed by atoms with Crippen molar-refractivity contribution in [2.75, 3.05) is 46.8 Å². The Morgan fingerprint density at radius 1 is 1.17 bits per heavy atom. The first-order valence-corrected chi connectivity index (χ1v) is 10.4. The predicted molar refractivity (Wildman–Crippen MR) is 111 cm³/mol. The third-order valence-corrected chi connectivity index (χ3v) is 6.44. The standard InChI is InChI=1S/C21H33N5O3/c1-6-18(27)25-9-16-10-26(13-21(16,12-25)11-24(4)5)19(28)8-7-17-14(2)22-20(29)23-15(17)3/h16H,6-13H2,1-5H3,(H,22,23,29)/t16-,21+/m1/s1. The number of amides is 2. The van der Waals surface area contributed by atoms with Gasteiger partial charge >= 0.3 is 5.69 Å². The molecule has 3 heterocycles. The summed E-state index contributed by atoms with van der Waals surface area (Å²) in [6, 6.07) is 0. The van der Waals surface area contributed by atoms with Gasteiger partial charge in [-0.1, -0.05) is 6.92 Å². The number of aryl methyl sites for hydroxylation is 2. The molecule has 29 heavy (non-hydrogen) atoms. The molecule has 0 aliphatic carbocycles. The van der Waals surface area contributed by atoms with Gasteiger partial charge in [0.15, 0.2) is 0 Å². The number of nitrogens with one attached hydrogen (secondary N) is 1. The van der Waals surface area contributed by atoms with Gasteiger partial charge in [0, 0.05) is 68.3 Å². The van der Waals surface area contributed by atoms with Crippen LogP contribution < -0.4 is 5.69 Å². The first-order chi connectivity index (χ1) is 13.6. The van der Waals surface area contributed by atoms with Crippen LogP contribution in [0.15, 0.2) is 4.79 Å². The summed E-state index contributed by atoms with van der Waals surface area (Å²) in [6.07, 6.45) is 1.50. The monoisotopic (exact) mass is 403 g/mol. The number of likely N-dealkylation sites (tertiary alicyclic amines) is 2. The molecular formula is C21H33N5O3. The van der Waals surface area contributed by atoms with Crippen LogP contribution in [-0.2, 0) is 16.0 Å². The number of rotatable bonds is 6. The van der Waals surface area contributed by atoms with E-state index >= 15 is 0 Å². The second kappa shape index (κ2) is 8.26. The first-order valence-electron chi connectivity index (χ1n) is 10.4. The number of aromatic amines is 1. The van der Waals surface area contributed by atoms with Crippen molar-refractivity contribution in [2.45, 2.75) is 40.0 Å². The summed E-state index contributed by atoms with van der Waals surface area (Å²) in [4.78, 5) is 49.5. The zero-order valence-electron chi connectivity index (χ0n) is 18.2. The normalized spacial score (nSPS) is 23.7. The quantitative estimate of drug-likeness (QED) is 0.750. The fraction of sp³-hybridized carbons (Fsp3) is 0.714. The topological polar surface area (TPSA) is 89.6 Å². The van der Waals surface area contributed by atoms with Gasteiger partial charge in [0.1, 0.15) is 0 Å². The van der Waals surface area contributed by atoms with Gasteiger partial charge in [-0.25, -0.2) is 4.79 Å². The van der Waals surface area contributed by atoms with Crippen LogP contribution in [0.2, 0.25) is 0 Å². The lowest BCUT2D eigenvalue weighted by molar-refractivity contribution is -0.131. The van der Waals surface area contributed by atoms with Gasteiger partial charge < -0.3 is 19.7 Å². The lowest BCUT2D eigenvalue weighted by Gasteiger charge is -2.32. The molecule has 8 heteroatoms. The molecule has 1 N–H and O–H groups in total. The zero-order valence-corrected chi connectivity index (χ0v) is 18.2. The molecule has 2 amide bonds. The van der Waals surface area contributed by atoms with Crippen LogP contribution in [0.5, 0.6) is 0 Å². The summed E-state index contributed by atoms with van der Waals surface area (Å²) in [5.74, 6) is 0.658. The Bertz CT molecular complexity index is 823. The minimum atomic E-state index is -0.348. The second-order valence-corrected chi connectivity index (χ2v) is 8.93. The van der Waals surface area contributed by atoms with E-state index in [9.17, 15) is 14.4 Å². The van der Waals surface area contributed by atoms with Gasteiger partial charge in [0.25, 0.3) is 0 Å². The Morgan fingerprint density at radius 3 is 2.34 bits per heavy atom. The summed E-state index contributed by atoms with van der Waals surface area (Å²) in [5, 5.41) is 0. The number of fused-ring (bicyclic) bond motifs is 1. The lowest BCUT2D eigenvalue weighted by atomic mass is 9.80. The van der Waals surface area contributed by atoms with E-state index in [0.29, 0.717) is 44.0 Å². The van der Waals surface area contributed by atoms with Crippen LogP contribution >= 0.6 is 0 Å². The maximum atomic E-state index is 13.0. The summed E-state index contributed by atoms with van der Waals surface area (Å²) in [7, 11) is 4.10. The van der Waals surface area contributed by atoms with Crippen molar-refractivity contribution >= 4 is 11.8 Å². The van der Waals surface area contributed by atoms with Crippen LogP contribution in [0.25, 0.3) is 0 Å². The van der Waals surface area contributed by atoms with Crippen LogP contribution in [0.3, 0.4) is 0 Å². The summed E-state index contributed by atoms with van der Waals surface area (Å²) in [5.41, 5.74) is 2.02. The number of hydrogen-bond acceptors (Lipinski definition) is 5. The van der Waals surface area contributed by atoms with Gasteiger partial charge in [0.2, 0.25) is 11.8 Å². The molecule has 2 aliphatic rings. The highest BCUT2D eigenvalue weighted by Gasteiger charge is 2.54. The van der Waals surface area contributed by atoms with E-state index in [-0.39, 0.29) is 22.9 Å². The smallest absolute Gasteiger partial charge is 0.342 e. The van der Waals surface area contributed by atoms with Crippen molar-refractivity contribution in [3.63, 3.8) is 0 Å². The van der Waals surface area contributed by atoms with Gasteiger partial charge in [-0.05, 0) is 39.9 Å². The predicted octanol–water partition coefficient (Wildman–Crippen LogP) is 0.578. The van der Waals surface area contributed by atoms with Gasteiger partial charge in [-0.15, -0.1) is 0 Å². The Hall–Kier alpha value is -2.22. The molecule has 0 bridgehead atoms. The number of aromatic nitrogens is 2. The average Bonchev–Trinajstić information content (AvgIpc) is 3.12. The number of nitrogens with zero attached hydrogens (tertiary/aromatic N) is 4. The summed E-state index contributed by atoms with van der Waals surface area (Å²) < 4.78 is 0. The van der Waals surface area contributed by atoms with E-state index in [0.717, 1.165) is 30.9 Å². The average molecular weight is 404 g/mol. The lowest BCUT2D eigenvalue weighted by Crippen LogP contribution is -2.43. The number of carbonyl (C=O) groups is 2. The zero-order chi connectivity index (χ0) is 21.3. The van der Waals surface area contributed by atoms with E-state index < -0.39 is 0 Å². The molecule has 2 aliphatic heterocycles. The number of carbonyl (C=O) groups excluding carboxylic acids is 2. The molecule has 2 saturated heterocycles. The molecule has 0 spiro atoms. The van der Waals surface area contributed by atoms with Crippen molar-refractivity contribution in [3.8, 4) is 0 Å². The third kappa shape index (κ3) is 4.37. The highest BCUT2D eigenvalue weighted by Crippen LogP contribution is 2.43. The largest absolute Gasteiger partial charge is 0.345 e. The molecule has 1 aromatic heterocycles. The van der Waals surface area contributed by atoms with Crippen molar-refractivity contribution < 1.29 is 9.59 Å². The van der Waals surface area contributed by atoms with E-state index in [4.69, 9.17) is 0 Å². The highest BCUT2D eigenvalue weighted by atomic mass is 16.2. The molecule has 8 nitrogen and oxygen atoms in total. The fourth-order valence-corrected chi connectivity index (χ4v) is 5.15. The number of H-pyrrole nitrogens is 1. The first kappa shape index (κ1) is 21.5. The molecular weight excluding hydrogens is 370 g/mol. The summed E-state index contributed by atoms with van der Waals surface area (Å²) >= 11 is 0. The van der Waals surface area contributed by atoms with Crippen LogP contribution in [-0.4, -0.2) is 83.3 Å². The number of hydrogen-bond donors (Lipinski definition) is 1. The van der Waals surface area contributed by atoms with Crippen molar-refractivity contribution in [3.05, 3.63) is 27.4 Å². The van der Waals surface area contributed by atoms with Gasteiger partial charge in [0.05, 0.1) is 0 Å². The molecule has 1 aromatic rings. The fourth-order valence-electron chi connectivity index (χ4n) is 5.15. The van der Waals surface area contributed by atoms with Crippen LogP contribution in [0.1, 0.15) is 36.7 Å². The molecule has 3 rings (SSSR count). The molecule has 0 saturated carbocycles. The third-order valence-electron chi connectivity index (χ3n) is 6.44. The molecule has 0 unspecified atom stereocenters. The minimum absolute atomic E-state index is 0.0463. The Labute approximate surface area is 172 Å². The highest BCUT2D eigenvalue weighted by molar-refractivity contribution is 5.78. The summed E-state index contributed by atoms with van der Waals surface area (Å²) in [6.45, 7) is 9.32. The maximum Gasteiger partial charge on any atom is 0.345 e. The van der Waals surface area contributed by atoms with E-state index in [1.807, 2.05) is 30.6 Å². The second-order valence-electron chi connectivity index (χ2n) is 8.93. The van der Waals surface area contributed by atoms with Crippen LogP contribution in [0.4, 0.5) is 0 Å². The molecule has 0 aromatic carbocycles. The molecule has 2 atom stereocenters. The Balaban J connectivity index is 1.68. The maximum absolute atomic E-state index is 13.0. The van der Waals surface area contributed by atoms with E-state index in [1.54, 1.807) is 0 Å². The van der Waals surface area contributed by atoms with Crippen molar-refractivity contribution in [1.29, 1.82) is 0 Å². The molecule has 160 valence electrons. The van der Waals surface area contributed by atoms with E-state index in [2.05, 4.69) is 29.0 Å². The Morgan fingerprint density at radius 2 is 1.79 bits per heavy atom. The van der Waals surface area contributed by atoms with Gasteiger partial charge in [-0.2, -0.15) is 4.98 Å². The van der Waals surface area contributed by atoms with Crippen LogP contribution in [0, 0.1) is 25.2 Å². The molecule has 0 radical (unpaired) electrons. The van der Waals surface area contributed by atoms with Crippen molar-refractivity contribution in [1.82, 2.24) is 24.7 Å².